The Morgan fingerprint density at radius 2 is 1.44 bits per heavy atom. The summed E-state index contributed by atoms with van der Waals surface area (Å²) in [6.45, 7) is 0. The second kappa shape index (κ2) is 13.3. The lowest BCUT2D eigenvalue weighted by Gasteiger charge is -2.35. The van der Waals surface area contributed by atoms with E-state index in [0.29, 0.717) is 11.8 Å². The van der Waals surface area contributed by atoms with Crippen LogP contribution < -0.4 is 5.32 Å². The molecule has 2 nitrogen and oxygen atoms in total. The Kier molecular flexibility index (Phi) is 7.83. The van der Waals surface area contributed by atoms with E-state index in [4.69, 9.17) is 0 Å². The largest absolute Gasteiger partial charge is 0.374 e. The number of allylic oxidation sites excluding steroid dienone is 11. The van der Waals surface area contributed by atoms with Gasteiger partial charge in [0.05, 0.1) is 17.1 Å². The Balaban J connectivity index is 1.02. The van der Waals surface area contributed by atoms with Gasteiger partial charge in [-0.25, -0.2) is 0 Å². The number of aromatic nitrogens is 1. The Labute approximate surface area is 323 Å². The summed E-state index contributed by atoms with van der Waals surface area (Å²) < 4.78 is 2.57. The lowest BCUT2D eigenvalue weighted by Crippen LogP contribution is -2.22. The van der Waals surface area contributed by atoms with Crippen molar-refractivity contribution < 1.29 is 0 Å². The van der Waals surface area contributed by atoms with Gasteiger partial charge in [-0.1, -0.05) is 146 Å². The average molecular weight is 709 g/mol. The van der Waals surface area contributed by atoms with E-state index in [0.717, 1.165) is 31.4 Å². The lowest BCUT2D eigenvalue weighted by molar-refractivity contribution is 0.500. The molecule has 5 aliphatic rings. The van der Waals surface area contributed by atoms with Crippen LogP contribution in [0.1, 0.15) is 71.0 Å². The van der Waals surface area contributed by atoms with Crippen LogP contribution in [0.5, 0.6) is 0 Å². The molecule has 11 rings (SSSR count). The van der Waals surface area contributed by atoms with Gasteiger partial charge in [-0.3, -0.25) is 0 Å². The molecule has 1 aromatic heterocycles. The third-order valence-corrected chi connectivity index (χ3v) is 12.7. The maximum atomic E-state index is 3.94. The first-order valence-electron chi connectivity index (χ1n) is 20.2. The highest BCUT2D eigenvalue weighted by Crippen LogP contribution is 2.50. The zero-order valence-electron chi connectivity index (χ0n) is 31.1. The highest BCUT2D eigenvalue weighted by atomic mass is 15.0. The first kappa shape index (κ1) is 32.3. The fourth-order valence-corrected chi connectivity index (χ4v) is 10.1. The molecule has 3 unspecified atom stereocenters. The topological polar surface area (TPSA) is 17.0 Å². The van der Waals surface area contributed by atoms with Crippen LogP contribution in [-0.2, 0) is 12.8 Å². The van der Waals surface area contributed by atoms with E-state index < -0.39 is 0 Å². The minimum Gasteiger partial charge on any atom is -0.374 e. The fraction of sp³-hybridized carbons (Fsp3) is 0.170. The van der Waals surface area contributed by atoms with Crippen molar-refractivity contribution in [3.8, 4) is 16.8 Å². The van der Waals surface area contributed by atoms with Crippen molar-refractivity contribution in [2.24, 2.45) is 5.92 Å². The van der Waals surface area contributed by atoms with Gasteiger partial charge in [-0.05, 0) is 119 Å². The number of dihydropyridines is 1. The number of fused-ring (bicyclic) bond motifs is 10. The van der Waals surface area contributed by atoms with Crippen molar-refractivity contribution >= 4 is 33.6 Å². The van der Waals surface area contributed by atoms with Crippen LogP contribution in [0.3, 0.4) is 0 Å². The molecule has 2 heteroatoms. The molecule has 4 aliphatic carbocycles. The van der Waals surface area contributed by atoms with Gasteiger partial charge in [0.25, 0.3) is 0 Å². The summed E-state index contributed by atoms with van der Waals surface area (Å²) in [5, 5.41) is 6.77. The molecular weight excluding hydrogens is 665 g/mol. The summed E-state index contributed by atoms with van der Waals surface area (Å²) >= 11 is 0. The molecular formula is C53H44N2. The molecule has 0 bridgehead atoms. The number of nitrogens with one attached hydrogen (secondary N) is 1. The van der Waals surface area contributed by atoms with Crippen LogP contribution in [0, 0.1) is 5.92 Å². The first-order valence-corrected chi connectivity index (χ1v) is 20.2. The molecule has 0 radical (unpaired) electrons. The highest BCUT2D eigenvalue weighted by Gasteiger charge is 2.34. The van der Waals surface area contributed by atoms with Crippen LogP contribution in [0.15, 0.2) is 175 Å². The molecule has 0 saturated carbocycles. The van der Waals surface area contributed by atoms with Gasteiger partial charge < -0.3 is 9.88 Å². The SMILES string of the molecule is C1=CCCC(C2=CC(c3ccc(-n4c5ccccc5c5c6c(c7c(c54)C=CCC7)CCC4C=CC=CC64)cc3)NC(c3ccc(-c4ccccc4)cc3)=C2)=C1. The van der Waals surface area contributed by atoms with Gasteiger partial charge in [0.2, 0.25) is 0 Å². The van der Waals surface area contributed by atoms with Gasteiger partial charge in [-0.2, -0.15) is 0 Å². The van der Waals surface area contributed by atoms with Crippen LogP contribution >= 0.6 is 0 Å². The molecule has 55 heavy (non-hydrogen) atoms. The van der Waals surface area contributed by atoms with Crippen LogP contribution in [0.25, 0.3) is 50.4 Å². The molecule has 6 aromatic rings. The smallest absolute Gasteiger partial charge is 0.0707 e. The van der Waals surface area contributed by atoms with E-state index in [2.05, 4.69) is 180 Å². The van der Waals surface area contributed by atoms with Gasteiger partial charge in [0, 0.05) is 33.6 Å². The number of nitrogens with zero attached hydrogens (tertiary/aromatic N) is 1. The monoisotopic (exact) mass is 708 g/mol. The van der Waals surface area contributed by atoms with Gasteiger partial charge in [0.1, 0.15) is 0 Å². The molecule has 0 amide bonds. The number of para-hydroxylation sites is 1. The quantitative estimate of drug-likeness (QED) is 0.189. The summed E-state index contributed by atoms with van der Waals surface area (Å²) in [6.07, 6.45) is 32.7. The van der Waals surface area contributed by atoms with Crippen molar-refractivity contribution in [2.75, 3.05) is 0 Å². The first-order chi connectivity index (χ1) is 27.3. The number of hydrogen-bond donors (Lipinski definition) is 1. The standard InChI is InChI=1S/C53H44N2/c1-3-13-35(14-4-1)37-23-25-39(26-24-37)48-33-41(36-15-5-2-6-16-36)34-49(54-48)40-27-30-42(31-28-40)55-50-22-12-11-21-47(50)52-51-43-18-8-7-17-38(43)29-32-45(51)44-19-9-10-20-46(44)53(52)55/h1-5,7-8,10-15,17-18,20-28,30-31,33-34,38,43,49,54H,6,9,16,19,29,32H2. The molecule has 3 atom stereocenters. The maximum absolute atomic E-state index is 3.94. The Morgan fingerprint density at radius 1 is 0.655 bits per heavy atom. The van der Waals surface area contributed by atoms with Crippen molar-refractivity contribution in [1.29, 1.82) is 0 Å². The molecule has 266 valence electrons. The second-order valence-corrected chi connectivity index (χ2v) is 15.8. The highest BCUT2D eigenvalue weighted by molar-refractivity contribution is 6.14. The van der Waals surface area contributed by atoms with E-state index in [9.17, 15) is 0 Å². The zero-order valence-corrected chi connectivity index (χ0v) is 31.1. The van der Waals surface area contributed by atoms with E-state index in [1.165, 1.54) is 79.3 Å². The summed E-state index contributed by atoms with van der Waals surface area (Å²) in [4.78, 5) is 0. The predicted octanol–water partition coefficient (Wildman–Crippen LogP) is 13.1. The average Bonchev–Trinajstić information content (AvgIpc) is 3.62. The fourth-order valence-electron chi connectivity index (χ4n) is 10.1. The molecule has 0 fully saturated rings. The normalized spacial score (nSPS) is 21.0. The molecule has 2 heterocycles. The number of hydrogen-bond acceptors (Lipinski definition) is 1. The molecule has 1 aliphatic heterocycles. The summed E-state index contributed by atoms with van der Waals surface area (Å²) in [7, 11) is 0. The number of benzene rings is 5. The molecule has 5 aromatic carbocycles. The second-order valence-electron chi connectivity index (χ2n) is 15.8. The summed E-state index contributed by atoms with van der Waals surface area (Å²) in [5.74, 6) is 1.00. The van der Waals surface area contributed by atoms with Crippen molar-refractivity contribution in [1.82, 2.24) is 9.88 Å². The Morgan fingerprint density at radius 3 is 2.29 bits per heavy atom. The maximum Gasteiger partial charge on any atom is 0.0707 e. The lowest BCUT2D eigenvalue weighted by atomic mass is 9.69. The van der Waals surface area contributed by atoms with Crippen molar-refractivity contribution in [2.45, 2.75) is 50.5 Å². The van der Waals surface area contributed by atoms with Crippen molar-refractivity contribution in [3.05, 3.63) is 208 Å². The van der Waals surface area contributed by atoms with E-state index in [-0.39, 0.29) is 6.04 Å². The molecule has 0 saturated heterocycles. The Bertz CT molecular complexity index is 2710. The summed E-state index contributed by atoms with van der Waals surface area (Å²) in [5.41, 5.74) is 18.9. The third kappa shape index (κ3) is 5.46. The summed E-state index contributed by atoms with van der Waals surface area (Å²) in [6, 6.07) is 38.2. The van der Waals surface area contributed by atoms with E-state index in [1.54, 1.807) is 16.7 Å². The Hall–Kier alpha value is -6.12. The van der Waals surface area contributed by atoms with E-state index in [1.807, 2.05) is 0 Å². The molecule has 0 spiro atoms. The molecule has 1 N–H and O–H groups in total. The number of rotatable bonds is 5. The van der Waals surface area contributed by atoms with Crippen LogP contribution in [-0.4, -0.2) is 4.57 Å². The van der Waals surface area contributed by atoms with Gasteiger partial charge in [0.15, 0.2) is 0 Å². The van der Waals surface area contributed by atoms with Crippen LogP contribution in [0.2, 0.25) is 0 Å². The van der Waals surface area contributed by atoms with E-state index >= 15 is 0 Å². The van der Waals surface area contributed by atoms with Gasteiger partial charge >= 0.3 is 0 Å². The third-order valence-electron chi connectivity index (χ3n) is 12.7. The van der Waals surface area contributed by atoms with Gasteiger partial charge in [-0.15, -0.1) is 0 Å². The zero-order chi connectivity index (χ0) is 36.3. The predicted molar refractivity (Wildman–Crippen MR) is 231 cm³/mol. The minimum absolute atomic E-state index is 0.0496. The van der Waals surface area contributed by atoms with Crippen LogP contribution in [0.4, 0.5) is 0 Å². The van der Waals surface area contributed by atoms with Crippen molar-refractivity contribution in [3.63, 3.8) is 0 Å². The minimum atomic E-state index is 0.0496.